The highest BCUT2D eigenvalue weighted by molar-refractivity contribution is 7.89. The lowest BCUT2D eigenvalue weighted by molar-refractivity contribution is -0.123. The number of hydrogen-bond acceptors (Lipinski definition) is 6. The number of sulfonamides is 1. The Morgan fingerprint density at radius 3 is 2.30 bits per heavy atom. The summed E-state index contributed by atoms with van der Waals surface area (Å²) in [7, 11) is 2.93. The summed E-state index contributed by atoms with van der Waals surface area (Å²) in [6.45, 7) is 3.20. The first-order chi connectivity index (χ1) is 13.9. The van der Waals surface area contributed by atoms with Crippen molar-refractivity contribution in [3.8, 4) is 0 Å². The second kappa shape index (κ2) is 9.27. The van der Waals surface area contributed by atoms with E-state index in [2.05, 4.69) is 5.32 Å². The molecule has 8 nitrogen and oxygen atoms in total. The molecule has 0 bridgehead atoms. The number of ether oxygens (including phenoxy) is 1. The maximum atomic E-state index is 12.5. The number of anilines is 2. The number of nitrogens with zero attached hydrogens (tertiary/aromatic N) is 2. The summed E-state index contributed by atoms with van der Waals surface area (Å²) in [4.78, 5) is 26.9. The molecular formula is C21H27N3O5S. The van der Waals surface area contributed by atoms with Crippen molar-refractivity contribution in [3.05, 3.63) is 53.6 Å². The van der Waals surface area contributed by atoms with E-state index in [4.69, 9.17) is 4.74 Å². The largest absolute Gasteiger partial charge is 0.449 e. The number of amides is 1. The lowest BCUT2D eigenvalue weighted by Gasteiger charge is -2.17. The minimum absolute atomic E-state index is 0.0542. The number of esters is 1. The first-order valence-electron chi connectivity index (χ1n) is 9.26. The number of rotatable bonds is 7. The van der Waals surface area contributed by atoms with Crippen LogP contribution in [0.3, 0.4) is 0 Å². The van der Waals surface area contributed by atoms with Crippen molar-refractivity contribution < 1.29 is 22.7 Å². The molecule has 0 aliphatic heterocycles. The molecule has 0 heterocycles. The monoisotopic (exact) mass is 433 g/mol. The molecule has 0 spiro atoms. The van der Waals surface area contributed by atoms with Crippen LogP contribution in [0.2, 0.25) is 0 Å². The molecule has 0 aliphatic carbocycles. The number of aryl methyl sites for hydroxylation is 1. The molecule has 0 aromatic heterocycles. The molecule has 1 atom stereocenters. The standard InChI is InChI=1S/C21H27N3O5S/c1-14-10-11-18(30(27,28)24(5)6)13-19(14)22-20(25)15(2)29-21(26)16-8-7-9-17(12-16)23(3)4/h7-13,15H,1-6H3,(H,22,25). The van der Waals surface area contributed by atoms with E-state index < -0.39 is 28.0 Å². The minimum atomic E-state index is -3.65. The topological polar surface area (TPSA) is 96.0 Å². The van der Waals surface area contributed by atoms with Crippen molar-refractivity contribution >= 4 is 33.3 Å². The number of hydrogen-bond donors (Lipinski definition) is 1. The van der Waals surface area contributed by atoms with E-state index in [0.717, 1.165) is 9.99 Å². The van der Waals surface area contributed by atoms with E-state index in [1.807, 2.05) is 25.1 Å². The summed E-state index contributed by atoms with van der Waals surface area (Å²) in [5.41, 5.74) is 2.17. The highest BCUT2D eigenvalue weighted by Crippen LogP contribution is 2.22. The van der Waals surface area contributed by atoms with Gasteiger partial charge in [0.2, 0.25) is 10.0 Å². The number of carbonyl (C=O) groups excluding carboxylic acids is 2. The molecule has 0 fully saturated rings. The Morgan fingerprint density at radius 1 is 1.03 bits per heavy atom. The molecule has 2 aromatic rings. The Morgan fingerprint density at radius 2 is 1.70 bits per heavy atom. The average Bonchev–Trinajstić information content (AvgIpc) is 2.69. The highest BCUT2D eigenvalue weighted by atomic mass is 32.2. The molecular weight excluding hydrogens is 406 g/mol. The minimum Gasteiger partial charge on any atom is -0.449 e. The van der Waals surface area contributed by atoms with E-state index in [1.54, 1.807) is 31.2 Å². The van der Waals surface area contributed by atoms with Gasteiger partial charge in [-0.1, -0.05) is 12.1 Å². The van der Waals surface area contributed by atoms with E-state index in [0.29, 0.717) is 16.8 Å². The van der Waals surface area contributed by atoms with Crippen molar-refractivity contribution in [1.82, 2.24) is 4.31 Å². The van der Waals surface area contributed by atoms with Crippen LogP contribution in [0.4, 0.5) is 11.4 Å². The number of carbonyl (C=O) groups is 2. The van der Waals surface area contributed by atoms with Gasteiger partial charge in [-0.05, 0) is 49.7 Å². The summed E-state index contributed by atoms with van der Waals surface area (Å²) >= 11 is 0. The highest BCUT2D eigenvalue weighted by Gasteiger charge is 2.22. The number of nitrogens with one attached hydrogen (secondary N) is 1. The Hall–Kier alpha value is -2.91. The first kappa shape index (κ1) is 23.4. The molecule has 30 heavy (non-hydrogen) atoms. The zero-order valence-corrected chi connectivity index (χ0v) is 18.8. The molecule has 0 aliphatic rings. The van der Waals surface area contributed by atoms with Crippen LogP contribution < -0.4 is 10.2 Å². The van der Waals surface area contributed by atoms with E-state index in [1.165, 1.54) is 33.2 Å². The fourth-order valence-corrected chi connectivity index (χ4v) is 3.46. The van der Waals surface area contributed by atoms with Gasteiger partial charge in [-0.3, -0.25) is 4.79 Å². The molecule has 162 valence electrons. The molecule has 0 saturated heterocycles. The second-order valence-electron chi connectivity index (χ2n) is 7.25. The molecule has 2 aromatic carbocycles. The smallest absolute Gasteiger partial charge is 0.338 e. The van der Waals surface area contributed by atoms with Gasteiger partial charge >= 0.3 is 5.97 Å². The Bertz CT molecular complexity index is 1050. The van der Waals surface area contributed by atoms with Gasteiger partial charge in [-0.25, -0.2) is 17.5 Å². The van der Waals surface area contributed by atoms with E-state index in [9.17, 15) is 18.0 Å². The van der Waals surface area contributed by atoms with Crippen LogP contribution in [0.25, 0.3) is 0 Å². The predicted octanol–water partition coefficient (Wildman–Crippen LogP) is 2.50. The Kier molecular flexibility index (Phi) is 7.22. The zero-order chi connectivity index (χ0) is 22.6. The summed E-state index contributed by atoms with van der Waals surface area (Å²) < 4.78 is 31.0. The van der Waals surface area contributed by atoms with Gasteiger partial charge in [-0.2, -0.15) is 0 Å². The summed E-state index contributed by atoms with van der Waals surface area (Å²) in [5.74, 6) is -1.18. The molecule has 1 N–H and O–H groups in total. The molecule has 0 radical (unpaired) electrons. The van der Waals surface area contributed by atoms with Gasteiger partial charge in [-0.15, -0.1) is 0 Å². The van der Waals surface area contributed by atoms with Crippen molar-refractivity contribution in [2.45, 2.75) is 24.8 Å². The van der Waals surface area contributed by atoms with Gasteiger partial charge < -0.3 is 15.0 Å². The van der Waals surface area contributed by atoms with Crippen LogP contribution in [0.1, 0.15) is 22.8 Å². The van der Waals surface area contributed by atoms with Crippen LogP contribution in [0.5, 0.6) is 0 Å². The van der Waals surface area contributed by atoms with Crippen molar-refractivity contribution in [3.63, 3.8) is 0 Å². The van der Waals surface area contributed by atoms with Gasteiger partial charge in [0.15, 0.2) is 6.10 Å². The third-order valence-corrected chi connectivity index (χ3v) is 6.31. The maximum Gasteiger partial charge on any atom is 0.338 e. The normalized spacial score (nSPS) is 12.4. The van der Waals surface area contributed by atoms with Crippen LogP contribution in [-0.4, -0.2) is 58.9 Å². The molecule has 2 rings (SSSR count). The SMILES string of the molecule is Cc1ccc(S(=O)(=O)N(C)C)cc1NC(=O)C(C)OC(=O)c1cccc(N(C)C)c1. The third kappa shape index (κ3) is 5.37. The fraction of sp³-hybridized carbons (Fsp3) is 0.333. The van der Waals surface area contributed by atoms with Crippen LogP contribution in [0.15, 0.2) is 47.4 Å². The van der Waals surface area contributed by atoms with Gasteiger partial charge in [0.05, 0.1) is 10.5 Å². The second-order valence-corrected chi connectivity index (χ2v) is 9.40. The molecule has 0 saturated carbocycles. The van der Waals surface area contributed by atoms with Crippen LogP contribution >= 0.6 is 0 Å². The first-order valence-corrected chi connectivity index (χ1v) is 10.7. The lowest BCUT2D eigenvalue weighted by atomic mass is 10.2. The van der Waals surface area contributed by atoms with Crippen LogP contribution in [0, 0.1) is 6.92 Å². The van der Waals surface area contributed by atoms with Gasteiger partial charge in [0.25, 0.3) is 5.91 Å². The molecule has 1 unspecified atom stereocenters. The van der Waals surface area contributed by atoms with E-state index >= 15 is 0 Å². The van der Waals surface area contributed by atoms with E-state index in [-0.39, 0.29) is 4.90 Å². The summed E-state index contributed by atoms with van der Waals surface area (Å²) in [5, 5.41) is 2.64. The summed E-state index contributed by atoms with van der Waals surface area (Å²) in [6.07, 6.45) is -1.07. The number of benzene rings is 2. The average molecular weight is 434 g/mol. The molecule has 1 amide bonds. The van der Waals surface area contributed by atoms with Gasteiger partial charge in [0, 0.05) is 39.6 Å². The molecule has 9 heteroatoms. The third-order valence-electron chi connectivity index (χ3n) is 4.50. The van der Waals surface area contributed by atoms with Crippen LogP contribution in [-0.2, 0) is 19.6 Å². The Labute approximate surface area is 177 Å². The maximum absolute atomic E-state index is 12.5. The van der Waals surface area contributed by atoms with Crippen molar-refractivity contribution in [2.75, 3.05) is 38.4 Å². The van der Waals surface area contributed by atoms with Crippen molar-refractivity contribution in [2.24, 2.45) is 0 Å². The summed E-state index contributed by atoms with van der Waals surface area (Å²) in [6, 6.07) is 11.3. The Balaban J connectivity index is 2.14. The van der Waals surface area contributed by atoms with Gasteiger partial charge in [0.1, 0.15) is 0 Å². The fourth-order valence-electron chi connectivity index (χ4n) is 2.53. The predicted molar refractivity (Wildman–Crippen MR) is 116 cm³/mol. The van der Waals surface area contributed by atoms with Crippen molar-refractivity contribution in [1.29, 1.82) is 0 Å². The quantitative estimate of drug-likeness (QED) is 0.674. The zero-order valence-electron chi connectivity index (χ0n) is 18.0. The lowest BCUT2D eigenvalue weighted by Crippen LogP contribution is -2.30.